The molecule has 28 heavy (non-hydrogen) atoms. The van der Waals surface area contributed by atoms with Crippen LogP contribution in [0, 0.1) is 52.3 Å². The first kappa shape index (κ1) is 21.3. The van der Waals surface area contributed by atoms with Gasteiger partial charge < -0.3 is 0 Å². The Morgan fingerprint density at radius 3 is 2.39 bits per heavy atom. The van der Waals surface area contributed by atoms with Crippen LogP contribution >= 0.6 is 12.2 Å². The predicted octanol–water partition coefficient (Wildman–Crippen LogP) is 8.48. The van der Waals surface area contributed by atoms with Gasteiger partial charge in [0.25, 0.3) is 0 Å². The molecular formula is C27H46S. The summed E-state index contributed by atoms with van der Waals surface area (Å²) in [7, 11) is 0. The molecule has 8 atom stereocenters. The molecule has 0 amide bonds. The fraction of sp³-hybridized carbons (Fsp3) is 0.963. The molecule has 0 N–H and O–H groups in total. The highest BCUT2D eigenvalue weighted by Gasteiger charge is 2.60. The second-order valence-electron chi connectivity index (χ2n) is 12.4. The van der Waals surface area contributed by atoms with Crippen molar-refractivity contribution in [2.45, 2.75) is 112 Å². The summed E-state index contributed by atoms with van der Waals surface area (Å²) in [5, 5.41) is 0. The van der Waals surface area contributed by atoms with Gasteiger partial charge in [0, 0.05) is 0 Å². The van der Waals surface area contributed by atoms with Gasteiger partial charge in [-0.1, -0.05) is 66.1 Å². The molecule has 0 bridgehead atoms. The van der Waals surface area contributed by atoms with E-state index in [2.05, 4.69) is 34.6 Å². The first-order chi connectivity index (χ1) is 13.3. The van der Waals surface area contributed by atoms with Crippen LogP contribution in [0.2, 0.25) is 0 Å². The molecule has 4 saturated carbocycles. The molecule has 0 aromatic rings. The predicted molar refractivity (Wildman–Crippen MR) is 126 cm³/mol. The van der Waals surface area contributed by atoms with Crippen molar-refractivity contribution in [3.8, 4) is 0 Å². The fourth-order valence-corrected chi connectivity index (χ4v) is 9.37. The molecule has 4 aliphatic carbocycles. The lowest BCUT2D eigenvalue weighted by molar-refractivity contribution is -0.104. The van der Waals surface area contributed by atoms with Crippen molar-refractivity contribution < 1.29 is 0 Å². The normalized spacial score (nSPS) is 46.8. The van der Waals surface area contributed by atoms with Crippen LogP contribution in [0.25, 0.3) is 0 Å². The Kier molecular flexibility index (Phi) is 6.07. The quantitative estimate of drug-likeness (QED) is 0.415. The van der Waals surface area contributed by atoms with E-state index in [1.807, 2.05) is 0 Å². The van der Waals surface area contributed by atoms with E-state index in [4.69, 9.17) is 12.2 Å². The van der Waals surface area contributed by atoms with E-state index in [9.17, 15) is 0 Å². The van der Waals surface area contributed by atoms with E-state index in [0.29, 0.717) is 10.8 Å². The van der Waals surface area contributed by atoms with E-state index < -0.39 is 0 Å². The summed E-state index contributed by atoms with van der Waals surface area (Å²) in [5.74, 6) is 6.76. The van der Waals surface area contributed by atoms with Crippen molar-refractivity contribution in [3.05, 3.63) is 0 Å². The molecule has 1 unspecified atom stereocenters. The zero-order chi connectivity index (χ0) is 20.1. The van der Waals surface area contributed by atoms with Crippen LogP contribution in [0.5, 0.6) is 0 Å². The molecule has 4 aliphatic rings. The molecule has 0 aromatic heterocycles. The lowest BCUT2D eigenvalue weighted by Gasteiger charge is -2.61. The van der Waals surface area contributed by atoms with Crippen LogP contribution in [0.4, 0.5) is 0 Å². The number of rotatable bonds is 5. The molecule has 4 fully saturated rings. The molecule has 0 aliphatic heterocycles. The third-order valence-corrected chi connectivity index (χ3v) is 11.1. The van der Waals surface area contributed by atoms with E-state index in [0.717, 1.165) is 41.4 Å². The highest BCUT2D eigenvalue weighted by atomic mass is 32.1. The number of fused-ring (bicyclic) bond motifs is 5. The maximum atomic E-state index is 5.66. The Bertz CT molecular complexity index is 579. The van der Waals surface area contributed by atoms with Crippen molar-refractivity contribution in [1.82, 2.24) is 0 Å². The standard InChI is InChI=1S/C27H46S/c1-18(2)7-6-8-19(3)23-11-12-24-22-10-9-20-17-21(28)13-15-26(20,4)25(22)14-16-27(23,24)5/h18-20,22-25H,6-17H2,1-5H3/t19-,20?,22+,23-,24+,25+,26+,27-/m1/s1. The van der Waals surface area contributed by atoms with E-state index in [-0.39, 0.29) is 0 Å². The zero-order valence-corrected chi connectivity index (χ0v) is 20.3. The van der Waals surface area contributed by atoms with Crippen LogP contribution in [0.15, 0.2) is 0 Å². The fourth-order valence-electron chi connectivity index (χ4n) is 9.07. The van der Waals surface area contributed by atoms with Gasteiger partial charge in [-0.25, -0.2) is 0 Å². The number of hydrogen-bond donors (Lipinski definition) is 0. The molecular weight excluding hydrogens is 356 g/mol. The van der Waals surface area contributed by atoms with Gasteiger partial charge in [0.15, 0.2) is 0 Å². The Labute approximate surface area is 181 Å². The maximum Gasteiger partial charge on any atom is -0.00683 e. The minimum atomic E-state index is 0.605. The Balaban J connectivity index is 1.47. The van der Waals surface area contributed by atoms with Gasteiger partial charge in [0.1, 0.15) is 0 Å². The van der Waals surface area contributed by atoms with Gasteiger partial charge in [-0.2, -0.15) is 0 Å². The van der Waals surface area contributed by atoms with Gasteiger partial charge >= 0.3 is 0 Å². The molecule has 0 spiro atoms. The molecule has 1 heteroatoms. The van der Waals surface area contributed by atoms with Crippen LogP contribution in [0.1, 0.15) is 112 Å². The first-order valence-corrected chi connectivity index (χ1v) is 13.2. The molecule has 0 radical (unpaired) electrons. The summed E-state index contributed by atoms with van der Waals surface area (Å²) < 4.78 is 0. The second kappa shape index (κ2) is 7.97. The molecule has 0 heterocycles. The Morgan fingerprint density at radius 1 is 0.893 bits per heavy atom. The van der Waals surface area contributed by atoms with Gasteiger partial charge in [0.2, 0.25) is 0 Å². The third kappa shape index (κ3) is 3.54. The van der Waals surface area contributed by atoms with Gasteiger partial charge in [-0.05, 0) is 115 Å². The zero-order valence-electron chi connectivity index (χ0n) is 19.4. The lowest BCUT2D eigenvalue weighted by atomic mass is 9.44. The summed E-state index contributed by atoms with van der Waals surface area (Å²) >= 11 is 5.66. The van der Waals surface area contributed by atoms with Crippen molar-refractivity contribution in [3.63, 3.8) is 0 Å². The van der Waals surface area contributed by atoms with E-state index in [1.54, 1.807) is 0 Å². The second-order valence-corrected chi connectivity index (χ2v) is 13.0. The van der Waals surface area contributed by atoms with Gasteiger partial charge in [0.05, 0.1) is 0 Å². The van der Waals surface area contributed by atoms with E-state index >= 15 is 0 Å². The molecule has 0 aromatic carbocycles. The van der Waals surface area contributed by atoms with Crippen molar-refractivity contribution in [2.24, 2.45) is 52.3 Å². The van der Waals surface area contributed by atoms with Crippen molar-refractivity contribution >= 4 is 17.1 Å². The van der Waals surface area contributed by atoms with Crippen LogP contribution in [-0.4, -0.2) is 4.86 Å². The average Bonchev–Trinajstić information content (AvgIpc) is 2.99. The van der Waals surface area contributed by atoms with Crippen LogP contribution < -0.4 is 0 Å². The minimum absolute atomic E-state index is 0.605. The van der Waals surface area contributed by atoms with E-state index in [1.165, 1.54) is 81.9 Å². The molecule has 160 valence electrons. The topological polar surface area (TPSA) is 0 Å². The third-order valence-electron chi connectivity index (χ3n) is 10.7. The largest absolute Gasteiger partial charge is 0.0897 e. The van der Waals surface area contributed by atoms with Gasteiger partial charge in [-0.3, -0.25) is 0 Å². The average molecular weight is 403 g/mol. The van der Waals surface area contributed by atoms with Gasteiger partial charge in [-0.15, -0.1) is 0 Å². The molecule has 4 rings (SSSR count). The minimum Gasteiger partial charge on any atom is -0.0897 e. The highest BCUT2D eigenvalue weighted by Crippen LogP contribution is 2.68. The highest BCUT2D eigenvalue weighted by molar-refractivity contribution is 7.80. The summed E-state index contributed by atoms with van der Waals surface area (Å²) in [6, 6.07) is 0. The number of thiocarbonyl (C=S) groups is 1. The first-order valence-electron chi connectivity index (χ1n) is 12.8. The smallest absolute Gasteiger partial charge is 0.00683 e. The van der Waals surface area contributed by atoms with Crippen LogP contribution in [0.3, 0.4) is 0 Å². The summed E-state index contributed by atoms with van der Waals surface area (Å²) in [5.41, 5.74) is 1.25. The SMILES string of the molecule is CC(C)CCC[C@@H](C)[C@H]1CC[C@H]2[C@@H]3CCC4CC(=S)CC[C@]4(C)[C@H]3CC[C@]12C. The monoisotopic (exact) mass is 402 g/mol. The lowest BCUT2D eigenvalue weighted by Crippen LogP contribution is -2.53. The Hall–Kier alpha value is 0.0900. The summed E-state index contributed by atoms with van der Waals surface area (Å²) in [6.07, 6.45) is 17.3. The summed E-state index contributed by atoms with van der Waals surface area (Å²) in [6.45, 7) is 12.8. The van der Waals surface area contributed by atoms with Crippen molar-refractivity contribution in [1.29, 1.82) is 0 Å². The molecule has 0 saturated heterocycles. The maximum absolute atomic E-state index is 5.66. The summed E-state index contributed by atoms with van der Waals surface area (Å²) in [4.78, 5) is 1.39. The van der Waals surface area contributed by atoms with Crippen molar-refractivity contribution in [2.75, 3.05) is 0 Å². The number of hydrogen-bond acceptors (Lipinski definition) is 1. The molecule has 0 nitrogen and oxygen atoms in total. The van der Waals surface area contributed by atoms with Crippen LogP contribution in [-0.2, 0) is 0 Å². The Morgan fingerprint density at radius 2 is 1.64 bits per heavy atom.